The number of hydrogen-bond donors (Lipinski definition) is 2. The second-order valence-corrected chi connectivity index (χ2v) is 1.61. The van der Waals surface area contributed by atoms with Crippen LogP contribution >= 0.6 is 0 Å². The van der Waals surface area contributed by atoms with Gasteiger partial charge in [-0.25, -0.2) is 0 Å². The molecule has 11 heavy (non-hydrogen) atoms. The van der Waals surface area contributed by atoms with E-state index >= 15 is 0 Å². The van der Waals surface area contributed by atoms with E-state index in [2.05, 4.69) is 0 Å². The molecular weight excluding hydrogens is 146 g/mol. The lowest BCUT2D eigenvalue weighted by Gasteiger charge is -1.89. The Kier molecular flexibility index (Phi) is 4.20. The average molecular weight is 152 g/mol. The van der Waals surface area contributed by atoms with E-state index in [-0.39, 0.29) is 11.5 Å². The van der Waals surface area contributed by atoms with Gasteiger partial charge in [-0.15, -0.1) is 0 Å². The van der Waals surface area contributed by atoms with Crippen LogP contribution in [0.2, 0.25) is 0 Å². The second kappa shape index (κ2) is 5.02. The fourth-order valence-electron chi connectivity index (χ4n) is 0.493. The molecule has 58 valence electrons. The highest BCUT2D eigenvalue weighted by atomic mass is 16.3. The summed E-state index contributed by atoms with van der Waals surface area (Å²) in [6, 6.07) is 5.85. The minimum absolute atomic E-state index is 0.0880. The minimum Gasteiger partial charge on any atom is -0.724 e. The van der Waals surface area contributed by atoms with Crippen molar-refractivity contribution in [3.8, 4) is 11.5 Å². The largest absolute Gasteiger partial charge is 0.724 e. The average Bonchev–Trinajstić information content (AvgIpc) is 1.88. The van der Waals surface area contributed by atoms with Gasteiger partial charge in [-0.1, -0.05) is 6.07 Å². The van der Waals surface area contributed by atoms with Crippen molar-refractivity contribution in [3.05, 3.63) is 29.7 Å². The lowest BCUT2D eigenvalue weighted by atomic mass is 10.3. The Labute approximate surface area is 63.2 Å². The van der Waals surface area contributed by atoms with Crippen LogP contribution in [0.4, 0.5) is 0 Å². The maximum atomic E-state index is 8.65. The van der Waals surface area contributed by atoms with Crippen molar-refractivity contribution < 1.29 is 15.0 Å². The Morgan fingerprint density at radius 2 is 1.64 bits per heavy atom. The Bertz CT molecular complexity index is 236. The van der Waals surface area contributed by atoms with Crippen molar-refractivity contribution >= 4 is 6.08 Å². The van der Waals surface area contributed by atoms with Gasteiger partial charge in [-0.05, 0) is 18.2 Å². The fraction of sp³-hybridized carbons (Fsp3) is 0. The number of isocyanates is 1. The molecule has 1 rings (SSSR count). The first-order valence-electron chi connectivity index (χ1n) is 2.70. The van der Waals surface area contributed by atoms with Crippen molar-refractivity contribution in [2.24, 2.45) is 0 Å². The maximum absolute atomic E-state index is 8.65. The third kappa shape index (κ3) is 4.69. The van der Waals surface area contributed by atoms with Crippen LogP contribution < -0.4 is 0 Å². The molecule has 0 fully saturated rings. The molecule has 0 amide bonds. The first-order valence-corrected chi connectivity index (χ1v) is 2.70. The van der Waals surface area contributed by atoms with Crippen LogP contribution in [0.25, 0.3) is 5.41 Å². The molecule has 0 spiro atoms. The van der Waals surface area contributed by atoms with E-state index in [0.29, 0.717) is 6.08 Å². The normalized spacial score (nSPS) is 7.27. The van der Waals surface area contributed by atoms with Gasteiger partial charge >= 0.3 is 0 Å². The first kappa shape index (κ1) is 9.20. The van der Waals surface area contributed by atoms with Crippen LogP contribution in [0, 0.1) is 0 Å². The molecular formula is C7H6NO3-. The predicted molar refractivity (Wildman–Crippen MR) is 38.8 cm³/mol. The molecule has 0 bridgehead atoms. The number of hydrogen-bond acceptors (Lipinski definition) is 3. The van der Waals surface area contributed by atoms with Crippen molar-refractivity contribution in [1.29, 1.82) is 0 Å². The lowest BCUT2D eigenvalue weighted by molar-refractivity contribution is 0.450. The van der Waals surface area contributed by atoms with E-state index in [1.807, 2.05) is 0 Å². The third-order valence-corrected chi connectivity index (χ3v) is 0.830. The summed E-state index contributed by atoms with van der Waals surface area (Å²) < 4.78 is 0. The van der Waals surface area contributed by atoms with Gasteiger partial charge in [-0.2, -0.15) is 0 Å². The summed E-state index contributed by atoms with van der Waals surface area (Å²) in [7, 11) is 0. The van der Waals surface area contributed by atoms with E-state index in [9.17, 15) is 0 Å². The van der Waals surface area contributed by atoms with Gasteiger partial charge < -0.3 is 15.6 Å². The number of aromatic hydroxyl groups is 2. The summed E-state index contributed by atoms with van der Waals surface area (Å²) in [6.07, 6.45) is 0.500. The number of phenols is 2. The Morgan fingerprint density at radius 3 is 1.82 bits per heavy atom. The molecule has 2 N–H and O–H groups in total. The molecule has 0 radical (unpaired) electrons. The lowest BCUT2D eigenvalue weighted by Crippen LogP contribution is -1.61. The van der Waals surface area contributed by atoms with Crippen LogP contribution in [0.3, 0.4) is 0 Å². The minimum atomic E-state index is 0.0880. The van der Waals surface area contributed by atoms with Crippen molar-refractivity contribution in [2.75, 3.05) is 0 Å². The van der Waals surface area contributed by atoms with Crippen LogP contribution in [-0.2, 0) is 4.79 Å². The monoisotopic (exact) mass is 152 g/mol. The van der Waals surface area contributed by atoms with E-state index in [0.717, 1.165) is 0 Å². The molecule has 4 heteroatoms. The van der Waals surface area contributed by atoms with Crippen LogP contribution in [0.1, 0.15) is 0 Å². The molecule has 0 aliphatic carbocycles. The van der Waals surface area contributed by atoms with Gasteiger partial charge in [0.25, 0.3) is 0 Å². The van der Waals surface area contributed by atoms with Gasteiger partial charge in [0.15, 0.2) is 0 Å². The quantitative estimate of drug-likeness (QED) is 0.429. The summed E-state index contributed by atoms with van der Waals surface area (Å²) in [6.45, 7) is 0. The predicted octanol–water partition coefficient (Wildman–Crippen LogP) is 0.989. The van der Waals surface area contributed by atoms with Gasteiger partial charge in [0.05, 0.1) is 0 Å². The van der Waals surface area contributed by atoms with Crippen molar-refractivity contribution in [3.63, 3.8) is 0 Å². The van der Waals surface area contributed by atoms with E-state index in [1.54, 1.807) is 6.07 Å². The highest BCUT2D eigenvalue weighted by Gasteiger charge is 1.85. The van der Waals surface area contributed by atoms with Gasteiger partial charge in [0.1, 0.15) is 11.5 Å². The number of benzene rings is 1. The molecule has 0 aromatic heterocycles. The molecule has 1 aromatic carbocycles. The van der Waals surface area contributed by atoms with Gasteiger partial charge in [-0.3, -0.25) is 4.79 Å². The number of carbonyl (C=O) groups excluding carboxylic acids is 1. The summed E-state index contributed by atoms with van der Waals surface area (Å²) >= 11 is 0. The van der Waals surface area contributed by atoms with Crippen molar-refractivity contribution in [1.82, 2.24) is 0 Å². The van der Waals surface area contributed by atoms with E-state index < -0.39 is 0 Å². The zero-order valence-electron chi connectivity index (χ0n) is 5.56. The standard InChI is InChI=1S/C6H6O2.CNO/c7-5-2-1-3-6(8)4-5;2-1-3/h1-4,7-8H;/q;-1. The molecule has 0 unspecified atom stereocenters. The van der Waals surface area contributed by atoms with Crippen LogP contribution in [-0.4, -0.2) is 16.3 Å². The fourth-order valence-corrected chi connectivity index (χ4v) is 0.493. The smallest absolute Gasteiger partial charge is 0.119 e. The van der Waals surface area contributed by atoms with Crippen LogP contribution in [0.5, 0.6) is 11.5 Å². The number of nitrogens with zero attached hydrogens (tertiary/aromatic N) is 1. The number of phenolic OH excluding ortho intramolecular Hbond substituents is 2. The van der Waals surface area contributed by atoms with E-state index in [4.69, 9.17) is 20.4 Å². The summed E-state index contributed by atoms with van der Waals surface area (Å²) in [4.78, 5) is 8.24. The topological polar surface area (TPSA) is 79.8 Å². The maximum Gasteiger partial charge on any atom is 0.119 e. The molecule has 0 atom stereocenters. The van der Waals surface area contributed by atoms with E-state index in [1.165, 1.54) is 18.2 Å². The summed E-state index contributed by atoms with van der Waals surface area (Å²) in [5.74, 6) is 0.176. The second-order valence-electron chi connectivity index (χ2n) is 1.61. The highest BCUT2D eigenvalue weighted by molar-refractivity contribution is 5.36. The Hall–Kier alpha value is -1.80. The van der Waals surface area contributed by atoms with Crippen LogP contribution in [0.15, 0.2) is 24.3 Å². The molecule has 0 saturated carbocycles. The zero-order valence-corrected chi connectivity index (χ0v) is 5.56. The SMILES string of the molecule is Oc1cccc(O)c1.[N-]=C=O. The third-order valence-electron chi connectivity index (χ3n) is 0.830. The molecule has 1 aromatic rings. The first-order chi connectivity index (χ1) is 5.20. The molecule has 4 nitrogen and oxygen atoms in total. The highest BCUT2D eigenvalue weighted by Crippen LogP contribution is 2.14. The number of rotatable bonds is 0. The summed E-state index contributed by atoms with van der Waals surface area (Å²) in [5, 5.41) is 24.1. The molecule has 0 saturated heterocycles. The Balaban J connectivity index is 0.000000292. The molecule has 0 aliphatic heterocycles. The Morgan fingerprint density at radius 1 is 1.27 bits per heavy atom. The van der Waals surface area contributed by atoms with Gasteiger partial charge in [0, 0.05) is 6.07 Å². The summed E-state index contributed by atoms with van der Waals surface area (Å²) in [5.41, 5.74) is 0. The van der Waals surface area contributed by atoms with Crippen molar-refractivity contribution in [2.45, 2.75) is 0 Å². The zero-order chi connectivity index (χ0) is 8.69. The molecule has 0 aliphatic rings. The van der Waals surface area contributed by atoms with Gasteiger partial charge in [0.2, 0.25) is 0 Å². The molecule has 0 heterocycles.